The Morgan fingerprint density at radius 1 is 1.40 bits per heavy atom. The third-order valence-electron chi connectivity index (χ3n) is 5.64. The molecule has 1 spiro atoms. The fourth-order valence-corrected chi connectivity index (χ4v) is 3.96. The van der Waals surface area contributed by atoms with Crippen molar-refractivity contribution in [2.75, 3.05) is 11.9 Å². The van der Waals surface area contributed by atoms with Crippen molar-refractivity contribution < 1.29 is 14.4 Å². The molecule has 2 saturated carbocycles. The van der Waals surface area contributed by atoms with Gasteiger partial charge in [-0.2, -0.15) is 5.10 Å². The standard InChI is InChI=1S/C17H23N5O3/c1-10-8-11(10)12-9-13(21-20-12)18-14(23)4-7-22-15(24)17(19-16(22)25)5-2-3-6-17/h9-11H,2-8H2,1H3,(H,19,25)(H2,18,20,21,23). The van der Waals surface area contributed by atoms with Gasteiger partial charge in [0.05, 0.1) is 0 Å². The van der Waals surface area contributed by atoms with Crippen LogP contribution in [0.4, 0.5) is 10.6 Å². The van der Waals surface area contributed by atoms with Gasteiger partial charge in [0, 0.05) is 30.6 Å². The second-order valence-corrected chi connectivity index (χ2v) is 7.50. The Morgan fingerprint density at radius 2 is 2.12 bits per heavy atom. The number of carbonyl (C=O) groups is 3. The lowest BCUT2D eigenvalue weighted by Crippen LogP contribution is -2.44. The van der Waals surface area contributed by atoms with Crippen LogP contribution in [0.25, 0.3) is 0 Å². The molecule has 2 unspecified atom stereocenters. The van der Waals surface area contributed by atoms with Gasteiger partial charge in [-0.25, -0.2) is 4.79 Å². The van der Waals surface area contributed by atoms with Gasteiger partial charge in [0.2, 0.25) is 5.91 Å². The predicted octanol–water partition coefficient (Wildman–Crippen LogP) is 1.73. The summed E-state index contributed by atoms with van der Waals surface area (Å²) in [6.07, 6.45) is 4.48. The third kappa shape index (κ3) is 2.89. The molecule has 4 amide bonds. The topological polar surface area (TPSA) is 107 Å². The van der Waals surface area contributed by atoms with E-state index < -0.39 is 5.54 Å². The van der Waals surface area contributed by atoms with Crippen molar-refractivity contribution in [3.63, 3.8) is 0 Å². The van der Waals surface area contributed by atoms with Gasteiger partial charge in [-0.1, -0.05) is 19.8 Å². The molecule has 4 rings (SSSR count). The highest BCUT2D eigenvalue weighted by atomic mass is 16.2. The van der Waals surface area contributed by atoms with Crippen LogP contribution in [0.5, 0.6) is 0 Å². The van der Waals surface area contributed by atoms with Crippen LogP contribution in [-0.2, 0) is 9.59 Å². The van der Waals surface area contributed by atoms with Crippen LogP contribution in [0, 0.1) is 5.92 Å². The normalized spacial score (nSPS) is 27.0. The molecular formula is C17H23N5O3. The Kier molecular flexibility index (Phi) is 3.77. The van der Waals surface area contributed by atoms with Gasteiger partial charge in [0.15, 0.2) is 5.82 Å². The Labute approximate surface area is 145 Å². The molecule has 1 aromatic heterocycles. The molecule has 3 aliphatic rings. The van der Waals surface area contributed by atoms with Crippen molar-refractivity contribution in [2.24, 2.45) is 5.92 Å². The lowest BCUT2D eigenvalue weighted by atomic mass is 9.98. The zero-order valence-corrected chi connectivity index (χ0v) is 14.3. The van der Waals surface area contributed by atoms with Crippen LogP contribution in [0.2, 0.25) is 0 Å². The average molecular weight is 345 g/mol. The summed E-state index contributed by atoms with van der Waals surface area (Å²) in [5.74, 6) is 1.21. The predicted molar refractivity (Wildman–Crippen MR) is 89.8 cm³/mol. The molecule has 25 heavy (non-hydrogen) atoms. The summed E-state index contributed by atoms with van der Waals surface area (Å²) < 4.78 is 0. The number of aromatic amines is 1. The molecule has 1 aromatic rings. The number of amides is 4. The van der Waals surface area contributed by atoms with E-state index in [1.165, 1.54) is 4.90 Å². The van der Waals surface area contributed by atoms with Crippen LogP contribution < -0.4 is 10.6 Å². The van der Waals surface area contributed by atoms with Crippen molar-refractivity contribution in [1.82, 2.24) is 20.4 Å². The lowest BCUT2D eigenvalue weighted by Gasteiger charge is -2.19. The van der Waals surface area contributed by atoms with Crippen LogP contribution in [0.1, 0.15) is 57.1 Å². The van der Waals surface area contributed by atoms with Gasteiger partial charge in [-0.05, 0) is 25.2 Å². The minimum absolute atomic E-state index is 0.0667. The number of anilines is 1. The molecule has 2 atom stereocenters. The lowest BCUT2D eigenvalue weighted by molar-refractivity contribution is -0.131. The molecule has 3 N–H and O–H groups in total. The number of hydrogen-bond acceptors (Lipinski definition) is 4. The van der Waals surface area contributed by atoms with Crippen molar-refractivity contribution in [2.45, 2.75) is 56.9 Å². The summed E-state index contributed by atoms with van der Waals surface area (Å²) in [7, 11) is 0. The smallest absolute Gasteiger partial charge is 0.323 e. The van der Waals surface area contributed by atoms with Crippen LogP contribution in [0.15, 0.2) is 6.07 Å². The molecule has 3 fully saturated rings. The molecule has 8 nitrogen and oxygen atoms in total. The van der Waals surface area contributed by atoms with Crippen molar-refractivity contribution in [3.05, 3.63) is 11.8 Å². The third-order valence-corrected chi connectivity index (χ3v) is 5.64. The van der Waals surface area contributed by atoms with E-state index in [-0.39, 0.29) is 30.8 Å². The largest absolute Gasteiger partial charge is 0.325 e. The number of hydrogen-bond donors (Lipinski definition) is 3. The average Bonchev–Trinajstić information content (AvgIpc) is 2.95. The van der Waals surface area contributed by atoms with Crippen molar-refractivity contribution in [1.29, 1.82) is 0 Å². The molecule has 1 saturated heterocycles. The fourth-order valence-electron chi connectivity index (χ4n) is 3.96. The monoisotopic (exact) mass is 345 g/mol. The van der Waals surface area contributed by atoms with Gasteiger partial charge in [0.1, 0.15) is 5.54 Å². The van der Waals surface area contributed by atoms with Crippen LogP contribution >= 0.6 is 0 Å². The van der Waals surface area contributed by atoms with E-state index in [0.29, 0.717) is 30.5 Å². The molecule has 0 radical (unpaired) electrons. The van der Waals surface area contributed by atoms with Gasteiger partial charge < -0.3 is 10.6 Å². The van der Waals surface area contributed by atoms with Crippen LogP contribution in [0.3, 0.4) is 0 Å². The highest BCUT2D eigenvalue weighted by Crippen LogP contribution is 2.46. The van der Waals surface area contributed by atoms with E-state index in [1.807, 2.05) is 6.07 Å². The number of nitrogens with zero attached hydrogens (tertiary/aromatic N) is 2. The Hall–Kier alpha value is -2.38. The first kappa shape index (κ1) is 16.1. The number of urea groups is 1. The second-order valence-electron chi connectivity index (χ2n) is 7.50. The molecule has 1 aliphatic heterocycles. The maximum absolute atomic E-state index is 12.5. The fraction of sp³-hybridized carbons (Fsp3) is 0.647. The van der Waals surface area contributed by atoms with Gasteiger partial charge in [-0.3, -0.25) is 19.6 Å². The van der Waals surface area contributed by atoms with Gasteiger partial charge in [0.25, 0.3) is 5.91 Å². The second kappa shape index (κ2) is 5.86. The number of rotatable bonds is 5. The van der Waals surface area contributed by atoms with E-state index >= 15 is 0 Å². The van der Waals surface area contributed by atoms with Crippen LogP contribution in [-0.4, -0.2) is 45.0 Å². The number of imide groups is 1. The Bertz CT molecular complexity index is 722. The summed E-state index contributed by atoms with van der Waals surface area (Å²) >= 11 is 0. The minimum Gasteiger partial charge on any atom is -0.323 e. The van der Waals surface area contributed by atoms with Crippen molar-refractivity contribution in [3.8, 4) is 0 Å². The summed E-state index contributed by atoms with van der Waals surface area (Å²) in [6, 6.07) is 1.47. The number of nitrogens with one attached hydrogen (secondary N) is 3. The van der Waals surface area contributed by atoms with E-state index in [0.717, 1.165) is 25.0 Å². The number of carbonyl (C=O) groups excluding carboxylic acids is 3. The zero-order valence-electron chi connectivity index (χ0n) is 14.3. The van der Waals surface area contributed by atoms with E-state index in [9.17, 15) is 14.4 Å². The summed E-state index contributed by atoms with van der Waals surface area (Å²) in [5.41, 5.74) is 0.325. The number of aromatic nitrogens is 2. The van der Waals surface area contributed by atoms with E-state index in [4.69, 9.17) is 0 Å². The van der Waals surface area contributed by atoms with Gasteiger partial charge >= 0.3 is 6.03 Å². The minimum atomic E-state index is -0.717. The summed E-state index contributed by atoms with van der Waals surface area (Å²) in [4.78, 5) is 37.9. The molecule has 0 bridgehead atoms. The quantitative estimate of drug-likeness (QED) is 0.706. The first-order valence-corrected chi connectivity index (χ1v) is 8.98. The van der Waals surface area contributed by atoms with Crippen molar-refractivity contribution >= 4 is 23.7 Å². The molecule has 2 aliphatic carbocycles. The molecule has 0 aromatic carbocycles. The Balaban J connectivity index is 1.30. The molecular weight excluding hydrogens is 322 g/mol. The maximum Gasteiger partial charge on any atom is 0.325 e. The van der Waals surface area contributed by atoms with E-state index in [1.54, 1.807) is 0 Å². The molecule has 2 heterocycles. The SMILES string of the molecule is CC1CC1c1cc(NC(=O)CCN2C(=O)NC3(CCCC3)C2=O)n[nH]1. The first-order valence-electron chi connectivity index (χ1n) is 8.98. The first-order chi connectivity index (χ1) is 12.0. The summed E-state index contributed by atoms with van der Waals surface area (Å²) in [5, 5.41) is 12.6. The highest BCUT2D eigenvalue weighted by molar-refractivity contribution is 6.07. The molecule has 134 valence electrons. The van der Waals surface area contributed by atoms with E-state index in [2.05, 4.69) is 27.8 Å². The summed E-state index contributed by atoms with van der Waals surface area (Å²) in [6.45, 7) is 2.27. The highest BCUT2D eigenvalue weighted by Gasteiger charge is 2.52. The maximum atomic E-state index is 12.5. The number of H-pyrrole nitrogens is 1. The zero-order chi connectivity index (χ0) is 17.6. The Morgan fingerprint density at radius 3 is 2.80 bits per heavy atom. The molecule has 8 heteroatoms. The van der Waals surface area contributed by atoms with Gasteiger partial charge in [-0.15, -0.1) is 0 Å².